The highest BCUT2D eigenvalue weighted by Crippen LogP contribution is 2.27. The summed E-state index contributed by atoms with van der Waals surface area (Å²) >= 11 is 0. The Balaban J connectivity index is 1.63. The summed E-state index contributed by atoms with van der Waals surface area (Å²) in [6, 6.07) is 23.5. The highest BCUT2D eigenvalue weighted by molar-refractivity contribution is 5.72. The minimum absolute atomic E-state index is 1.04. The summed E-state index contributed by atoms with van der Waals surface area (Å²) in [4.78, 5) is 9.44. The molecular weight excluding hydrogens is 306 g/mol. The molecule has 1 aliphatic rings. The fourth-order valence-electron chi connectivity index (χ4n) is 3.33. The molecule has 2 heterocycles. The van der Waals surface area contributed by atoms with Gasteiger partial charge in [0.05, 0.1) is 5.69 Å². The van der Waals surface area contributed by atoms with E-state index in [1.807, 2.05) is 6.20 Å². The monoisotopic (exact) mass is 329 g/mol. The first-order valence-electron chi connectivity index (χ1n) is 8.85. The number of nitrogens with zero attached hydrogens (tertiary/aromatic N) is 3. The average Bonchev–Trinajstić information content (AvgIpc) is 2.69. The summed E-state index contributed by atoms with van der Waals surface area (Å²) < 4.78 is 0. The van der Waals surface area contributed by atoms with Gasteiger partial charge in [-0.15, -0.1) is 0 Å². The van der Waals surface area contributed by atoms with Crippen LogP contribution in [-0.2, 0) is 0 Å². The van der Waals surface area contributed by atoms with Crippen LogP contribution in [0.2, 0.25) is 0 Å². The Hall–Kier alpha value is -2.65. The quantitative estimate of drug-likeness (QED) is 0.719. The summed E-state index contributed by atoms with van der Waals surface area (Å²) in [7, 11) is 2.18. The van der Waals surface area contributed by atoms with E-state index in [0.717, 1.165) is 37.4 Å². The molecule has 1 fully saturated rings. The second-order valence-corrected chi connectivity index (χ2v) is 6.64. The third kappa shape index (κ3) is 3.57. The number of hydrogen-bond acceptors (Lipinski definition) is 3. The van der Waals surface area contributed by atoms with Gasteiger partial charge in [0.1, 0.15) is 0 Å². The second kappa shape index (κ2) is 7.08. The zero-order valence-electron chi connectivity index (χ0n) is 14.6. The van der Waals surface area contributed by atoms with Crippen molar-refractivity contribution in [2.75, 3.05) is 38.1 Å². The maximum atomic E-state index is 4.62. The summed E-state index contributed by atoms with van der Waals surface area (Å²) in [6.07, 6.45) is 1.93. The summed E-state index contributed by atoms with van der Waals surface area (Å²) in [6.45, 7) is 4.37. The van der Waals surface area contributed by atoms with Crippen LogP contribution in [0.5, 0.6) is 0 Å². The molecule has 0 saturated carbocycles. The predicted octanol–water partition coefficient (Wildman–Crippen LogP) is 4.17. The zero-order chi connectivity index (χ0) is 17.1. The lowest BCUT2D eigenvalue weighted by Gasteiger charge is -2.34. The molecule has 25 heavy (non-hydrogen) atoms. The van der Waals surface area contributed by atoms with E-state index in [0.29, 0.717) is 0 Å². The van der Waals surface area contributed by atoms with Gasteiger partial charge in [-0.25, -0.2) is 0 Å². The Kier molecular flexibility index (Phi) is 4.49. The Morgan fingerprint density at radius 2 is 1.44 bits per heavy atom. The molecule has 1 saturated heterocycles. The van der Waals surface area contributed by atoms with Crippen molar-refractivity contribution >= 4 is 5.69 Å². The summed E-state index contributed by atoms with van der Waals surface area (Å²) in [5, 5.41) is 0. The molecule has 0 unspecified atom stereocenters. The van der Waals surface area contributed by atoms with Gasteiger partial charge in [0.2, 0.25) is 0 Å². The van der Waals surface area contributed by atoms with E-state index in [4.69, 9.17) is 0 Å². The Labute approximate surface area is 149 Å². The van der Waals surface area contributed by atoms with Gasteiger partial charge >= 0.3 is 0 Å². The molecule has 126 valence electrons. The number of likely N-dealkylation sites (N-methyl/N-ethyl adjacent to an activating group) is 1. The summed E-state index contributed by atoms with van der Waals surface area (Å²) in [5.41, 5.74) is 5.93. The highest BCUT2D eigenvalue weighted by Gasteiger charge is 2.15. The molecule has 0 atom stereocenters. The lowest BCUT2D eigenvalue weighted by molar-refractivity contribution is 0.313. The summed E-state index contributed by atoms with van der Waals surface area (Å²) in [5.74, 6) is 0. The lowest BCUT2D eigenvalue weighted by atomic mass is 10.0. The number of piperazine rings is 1. The standard InChI is InChI=1S/C22H23N3/c1-24-12-14-25(15-13-24)21-10-11-23-22(17-21)20-9-5-8-19(16-20)18-6-3-2-4-7-18/h2-11,16-17H,12-15H2,1H3. The fraction of sp³-hybridized carbons (Fsp3) is 0.227. The van der Waals surface area contributed by atoms with Crippen LogP contribution in [0, 0.1) is 0 Å². The highest BCUT2D eigenvalue weighted by atomic mass is 15.2. The molecule has 0 amide bonds. The van der Waals surface area contributed by atoms with E-state index in [-0.39, 0.29) is 0 Å². The van der Waals surface area contributed by atoms with Crippen molar-refractivity contribution in [2.45, 2.75) is 0 Å². The van der Waals surface area contributed by atoms with Gasteiger partial charge in [0.25, 0.3) is 0 Å². The first kappa shape index (κ1) is 15.9. The Bertz CT molecular complexity index is 837. The number of benzene rings is 2. The second-order valence-electron chi connectivity index (χ2n) is 6.64. The zero-order valence-corrected chi connectivity index (χ0v) is 14.6. The van der Waals surface area contributed by atoms with Crippen molar-refractivity contribution in [3.8, 4) is 22.4 Å². The van der Waals surface area contributed by atoms with E-state index < -0.39 is 0 Å². The molecule has 3 aromatic rings. The van der Waals surface area contributed by atoms with Crippen molar-refractivity contribution in [3.63, 3.8) is 0 Å². The van der Waals surface area contributed by atoms with Crippen LogP contribution in [-0.4, -0.2) is 43.1 Å². The molecule has 4 rings (SSSR count). The van der Waals surface area contributed by atoms with E-state index in [2.05, 4.69) is 88.6 Å². The minimum atomic E-state index is 1.04. The first-order valence-corrected chi connectivity index (χ1v) is 8.85. The van der Waals surface area contributed by atoms with Crippen LogP contribution in [0.15, 0.2) is 72.9 Å². The molecular formula is C22H23N3. The Morgan fingerprint density at radius 1 is 0.720 bits per heavy atom. The smallest absolute Gasteiger partial charge is 0.0722 e. The molecule has 0 spiro atoms. The first-order chi connectivity index (χ1) is 12.3. The van der Waals surface area contributed by atoms with Gasteiger partial charge in [-0.2, -0.15) is 0 Å². The number of rotatable bonds is 3. The van der Waals surface area contributed by atoms with Gasteiger partial charge in [0, 0.05) is 43.6 Å². The minimum Gasteiger partial charge on any atom is -0.369 e. The normalized spacial score (nSPS) is 15.3. The maximum absolute atomic E-state index is 4.62. The van der Waals surface area contributed by atoms with Crippen LogP contribution in [0.1, 0.15) is 0 Å². The van der Waals surface area contributed by atoms with E-state index in [9.17, 15) is 0 Å². The van der Waals surface area contributed by atoms with Crippen molar-refractivity contribution in [2.24, 2.45) is 0 Å². The van der Waals surface area contributed by atoms with E-state index >= 15 is 0 Å². The van der Waals surface area contributed by atoms with Gasteiger partial charge < -0.3 is 9.80 Å². The van der Waals surface area contributed by atoms with Crippen LogP contribution < -0.4 is 4.90 Å². The van der Waals surface area contributed by atoms with Gasteiger partial charge in [0.15, 0.2) is 0 Å². The van der Waals surface area contributed by atoms with Crippen LogP contribution in [0.25, 0.3) is 22.4 Å². The Morgan fingerprint density at radius 3 is 2.24 bits per heavy atom. The van der Waals surface area contributed by atoms with Gasteiger partial charge in [-0.05, 0) is 36.4 Å². The lowest BCUT2D eigenvalue weighted by Crippen LogP contribution is -2.44. The molecule has 1 aromatic heterocycles. The molecule has 0 aliphatic carbocycles. The predicted molar refractivity (Wildman–Crippen MR) is 105 cm³/mol. The largest absolute Gasteiger partial charge is 0.369 e. The number of aromatic nitrogens is 1. The van der Waals surface area contributed by atoms with E-state index in [1.54, 1.807) is 0 Å². The SMILES string of the molecule is CN1CCN(c2ccnc(-c3cccc(-c4ccccc4)c3)c2)CC1. The maximum Gasteiger partial charge on any atom is 0.0722 e. The molecule has 0 bridgehead atoms. The van der Waals surface area contributed by atoms with Crippen LogP contribution in [0.3, 0.4) is 0 Å². The van der Waals surface area contributed by atoms with Crippen LogP contribution in [0.4, 0.5) is 5.69 Å². The van der Waals surface area contributed by atoms with Gasteiger partial charge in [-0.3, -0.25) is 4.98 Å². The van der Waals surface area contributed by atoms with Crippen LogP contribution >= 0.6 is 0 Å². The molecule has 3 heteroatoms. The molecule has 1 aliphatic heterocycles. The third-order valence-corrected chi connectivity index (χ3v) is 4.88. The molecule has 0 radical (unpaired) electrons. The molecule has 0 N–H and O–H groups in total. The van der Waals surface area contributed by atoms with Crippen molar-refractivity contribution in [1.82, 2.24) is 9.88 Å². The van der Waals surface area contributed by atoms with Gasteiger partial charge in [-0.1, -0.05) is 48.5 Å². The van der Waals surface area contributed by atoms with Crippen molar-refractivity contribution in [1.29, 1.82) is 0 Å². The molecule has 3 nitrogen and oxygen atoms in total. The average molecular weight is 329 g/mol. The number of hydrogen-bond donors (Lipinski definition) is 0. The van der Waals surface area contributed by atoms with Crippen molar-refractivity contribution in [3.05, 3.63) is 72.9 Å². The molecule has 2 aromatic carbocycles. The van der Waals surface area contributed by atoms with E-state index in [1.165, 1.54) is 16.8 Å². The topological polar surface area (TPSA) is 19.4 Å². The van der Waals surface area contributed by atoms with Crippen molar-refractivity contribution < 1.29 is 0 Å². The third-order valence-electron chi connectivity index (χ3n) is 4.88. The number of pyridine rings is 1. The fourth-order valence-corrected chi connectivity index (χ4v) is 3.33. The number of anilines is 1.